The van der Waals surface area contributed by atoms with Gasteiger partial charge in [-0.15, -0.1) is 0 Å². The highest BCUT2D eigenvalue weighted by molar-refractivity contribution is 6.01. The Kier molecular flexibility index (Phi) is 5.65. The molecule has 2 amide bonds. The van der Waals surface area contributed by atoms with E-state index in [4.69, 9.17) is 9.57 Å². The van der Waals surface area contributed by atoms with Crippen LogP contribution < -0.4 is 10.1 Å². The van der Waals surface area contributed by atoms with E-state index in [0.29, 0.717) is 24.5 Å². The number of methoxy groups -OCH3 is 1. The normalized spacial score (nSPS) is 17.8. The van der Waals surface area contributed by atoms with Crippen molar-refractivity contribution in [3.8, 4) is 5.75 Å². The fourth-order valence-electron chi connectivity index (χ4n) is 4.17. The van der Waals surface area contributed by atoms with Crippen LogP contribution in [0.15, 0.2) is 53.7 Å². The van der Waals surface area contributed by atoms with Crippen molar-refractivity contribution in [2.75, 3.05) is 25.5 Å². The number of piperidine rings is 1. The number of likely N-dealkylation sites (tertiary alicyclic amines) is 1. The summed E-state index contributed by atoms with van der Waals surface area (Å²) in [5.41, 5.74) is 3.91. The first-order chi connectivity index (χ1) is 14.8. The number of benzene rings is 2. The number of amides is 2. The Morgan fingerprint density at radius 1 is 1.10 bits per heavy atom. The molecule has 1 saturated heterocycles. The van der Waals surface area contributed by atoms with Crippen LogP contribution >= 0.6 is 0 Å². The van der Waals surface area contributed by atoms with Crippen LogP contribution in [0.25, 0.3) is 0 Å². The van der Waals surface area contributed by atoms with Crippen LogP contribution in [0.5, 0.6) is 5.75 Å². The van der Waals surface area contributed by atoms with Crippen molar-refractivity contribution in [1.82, 2.24) is 4.90 Å². The van der Waals surface area contributed by atoms with Gasteiger partial charge in [-0.3, -0.25) is 0 Å². The number of para-hydroxylation sites is 2. The largest absolute Gasteiger partial charge is 0.495 e. The molecule has 0 aliphatic carbocycles. The minimum absolute atomic E-state index is 0.115. The maximum Gasteiger partial charge on any atom is 0.321 e. The van der Waals surface area contributed by atoms with Crippen LogP contribution in [0, 0.1) is 0 Å². The van der Waals surface area contributed by atoms with Crippen molar-refractivity contribution in [2.45, 2.75) is 51.0 Å². The third kappa shape index (κ3) is 4.53. The van der Waals surface area contributed by atoms with Gasteiger partial charge in [-0.05, 0) is 28.7 Å². The molecule has 2 aromatic rings. The number of hydrogen-bond donors (Lipinski definition) is 1. The van der Waals surface area contributed by atoms with E-state index in [1.807, 2.05) is 29.2 Å². The molecule has 4 rings (SSSR count). The van der Waals surface area contributed by atoms with E-state index in [1.165, 1.54) is 5.56 Å². The van der Waals surface area contributed by atoms with Crippen molar-refractivity contribution < 1.29 is 14.4 Å². The number of nitrogens with one attached hydrogen (secondary N) is 1. The predicted octanol–water partition coefficient (Wildman–Crippen LogP) is 5.18. The minimum Gasteiger partial charge on any atom is -0.495 e. The fourth-order valence-corrected chi connectivity index (χ4v) is 4.17. The van der Waals surface area contributed by atoms with E-state index >= 15 is 0 Å². The summed E-state index contributed by atoms with van der Waals surface area (Å²) in [4.78, 5) is 20.5. The molecule has 164 valence electrons. The second-order valence-electron chi connectivity index (χ2n) is 9.43. The van der Waals surface area contributed by atoms with E-state index < -0.39 is 0 Å². The Morgan fingerprint density at radius 3 is 2.42 bits per heavy atom. The molecule has 6 heteroatoms. The highest BCUT2D eigenvalue weighted by atomic mass is 16.7. The summed E-state index contributed by atoms with van der Waals surface area (Å²) >= 11 is 0. The van der Waals surface area contributed by atoms with Gasteiger partial charge in [0.15, 0.2) is 0 Å². The smallest absolute Gasteiger partial charge is 0.321 e. The van der Waals surface area contributed by atoms with Crippen LogP contribution in [0.3, 0.4) is 0 Å². The van der Waals surface area contributed by atoms with Gasteiger partial charge >= 0.3 is 6.03 Å². The van der Waals surface area contributed by atoms with Crippen LogP contribution in [-0.2, 0) is 10.3 Å². The minimum atomic E-state index is -0.306. The van der Waals surface area contributed by atoms with Gasteiger partial charge in [0.05, 0.1) is 18.5 Å². The Morgan fingerprint density at radius 2 is 1.77 bits per heavy atom. The van der Waals surface area contributed by atoms with Gasteiger partial charge < -0.3 is 19.8 Å². The molecule has 1 fully saturated rings. The molecule has 1 spiro atoms. The van der Waals surface area contributed by atoms with E-state index in [0.717, 1.165) is 30.5 Å². The average molecular weight is 422 g/mol. The lowest BCUT2D eigenvalue weighted by molar-refractivity contribution is -0.0544. The third-order valence-electron chi connectivity index (χ3n) is 6.23. The lowest BCUT2D eigenvalue weighted by Crippen LogP contribution is -2.48. The molecular weight excluding hydrogens is 390 g/mol. The third-order valence-corrected chi connectivity index (χ3v) is 6.23. The van der Waals surface area contributed by atoms with E-state index in [2.05, 4.69) is 55.5 Å². The highest BCUT2D eigenvalue weighted by Gasteiger charge is 2.43. The summed E-state index contributed by atoms with van der Waals surface area (Å²) < 4.78 is 5.32. The first kappa shape index (κ1) is 21.2. The van der Waals surface area contributed by atoms with Crippen LogP contribution in [-0.4, -0.2) is 42.4 Å². The maximum absolute atomic E-state index is 12.7. The lowest BCUT2D eigenvalue weighted by atomic mass is 9.84. The van der Waals surface area contributed by atoms with Crippen LogP contribution in [0.2, 0.25) is 0 Å². The maximum atomic E-state index is 12.7. The lowest BCUT2D eigenvalue weighted by Gasteiger charge is -2.37. The number of rotatable bonds is 3. The van der Waals surface area contributed by atoms with E-state index in [1.54, 1.807) is 7.11 Å². The summed E-state index contributed by atoms with van der Waals surface area (Å²) in [6.45, 7) is 7.90. The summed E-state index contributed by atoms with van der Waals surface area (Å²) in [6.07, 6.45) is 2.31. The van der Waals surface area contributed by atoms with Crippen LogP contribution in [0.1, 0.15) is 51.2 Å². The Balaban J connectivity index is 1.34. The van der Waals surface area contributed by atoms with Crippen molar-refractivity contribution in [2.24, 2.45) is 5.16 Å². The van der Waals surface area contributed by atoms with Crippen molar-refractivity contribution in [1.29, 1.82) is 0 Å². The molecule has 2 heterocycles. The van der Waals surface area contributed by atoms with E-state index in [-0.39, 0.29) is 17.0 Å². The molecule has 6 nitrogen and oxygen atoms in total. The van der Waals surface area contributed by atoms with Gasteiger partial charge in [0.25, 0.3) is 0 Å². The molecule has 0 unspecified atom stereocenters. The highest BCUT2D eigenvalue weighted by Crippen LogP contribution is 2.37. The van der Waals surface area contributed by atoms with Gasteiger partial charge in [-0.1, -0.05) is 62.3 Å². The van der Waals surface area contributed by atoms with Gasteiger partial charge in [-0.2, -0.15) is 0 Å². The van der Waals surface area contributed by atoms with Crippen molar-refractivity contribution >= 4 is 17.4 Å². The molecule has 1 N–H and O–H groups in total. The molecule has 31 heavy (non-hydrogen) atoms. The van der Waals surface area contributed by atoms with Gasteiger partial charge in [-0.25, -0.2) is 4.79 Å². The number of nitrogens with zero attached hydrogens (tertiary/aromatic N) is 2. The number of hydrogen-bond acceptors (Lipinski definition) is 4. The Labute approximate surface area is 184 Å². The number of carbonyl (C=O) groups is 1. The zero-order valence-corrected chi connectivity index (χ0v) is 18.8. The molecule has 0 bridgehead atoms. The molecular formula is C25H31N3O3. The molecule has 0 saturated carbocycles. The van der Waals surface area contributed by atoms with Gasteiger partial charge in [0.1, 0.15) is 11.4 Å². The quantitative estimate of drug-likeness (QED) is 0.742. The second-order valence-corrected chi connectivity index (χ2v) is 9.43. The van der Waals surface area contributed by atoms with E-state index in [9.17, 15) is 4.79 Å². The summed E-state index contributed by atoms with van der Waals surface area (Å²) in [5, 5.41) is 7.37. The topological polar surface area (TPSA) is 63.2 Å². The van der Waals surface area contributed by atoms with Crippen molar-refractivity contribution in [3.05, 3.63) is 59.7 Å². The average Bonchev–Trinajstić information content (AvgIpc) is 3.17. The fraction of sp³-hybridized carbons (Fsp3) is 0.440. The number of oxime groups is 1. The first-order valence-electron chi connectivity index (χ1n) is 10.8. The molecule has 2 aliphatic rings. The molecule has 0 aromatic heterocycles. The number of ether oxygens (including phenoxy) is 1. The SMILES string of the molecule is COc1ccccc1NC(=O)N1CCC2(CC1)CC(c1ccc(C(C)(C)C)cc1)=NO2. The van der Waals surface area contributed by atoms with Crippen molar-refractivity contribution in [3.63, 3.8) is 0 Å². The first-order valence-corrected chi connectivity index (χ1v) is 10.8. The second kappa shape index (κ2) is 8.25. The standard InChI is InChI=1S/C25H31N3O3/c1-24(2,3)19-11-9-18(10-12-19)21-17-25(31-27-21)13-15-28(16-14-25)23(29)26-20-7-5-6-8-22(20)30-4/h5-12H,13-17H2,1-4H3,(H,26,29). The summed E-state index contributed by atoms with van der Waals surface area (Å²) in [7, 11) is 1.60. The summed E-state index contributed by atoms with van der Waals surface area (Å²) in [5.74, 6) is 0.652. The molecule has 0 atom stereocenters. The van der Waals surface area contributed by atoms with Gasteiger partial charge in [0, 0.05) is 32.4 Å². The number of carbonyl (C=O) groups excluding carboxylic acids is 1. The summed E-state index contributed by atoms with van der Waals surface area (Å²) in [6, 6.07) is 15.9. The molecule has 2 aromatic carbocycles. The predicted molar refractivity (Wildman–Crippen MR) is 123 cm³/mol. The van der Waals surface area contributed by atoms with Crippen LogP contribution in [0.4, 0.5) is 10.5 Å². The Bertz CT molecular complexity index is 968. The number of anilines is 1. The van der Waals surface area contributed by atoms with Gasteiger partial charge in [0.2, 0.25) is 0 Å². The number of urea groups is 1. The monoisotopic (exact) mass is 421 g/mol. The zero-order chi connectivity index (χ0) is 22.1. The Hall–Kier alpha value is -3.02. The molecule has 2 aliphatic heterocycles. The molecule has 0 radical (unpaired) electrons. The zero-order valence-electron chi connectivity index (χ0n) is 18.8.